The van der Waals surface area contributed by atoms with Crippen LogP contribution in [0, 0.1) is 0 Å². The summed E-state index contributed by atoms with van der Waals surface area (Å²) < 4.78 is 56.0. The molecule has 2 aromatic rings. The van der Waals surface area contributed by atoms with Crippen LogP contribution in [-0.4, -0.2) is 36.0 Å². The fraction of sp³-hybridized carbons (Fsp3) is 0.389. The molecular weight excluding hydrogens is 378 g/mol. The van der Waals surface area contributed by atoms with E-state index in [0.717, 1.165) is 6.92 Å². The molecule has 0 fully saturated rings. The lowest BCUT2D eigenvalue weighted by Crippen LogP contribution is -2.13. The fourth-order valence-corrected chi connectivity index (χ4v) is 3.41. The van der Waals surface area contributed by atoms with Gasteiger partial charge in [0.15, 0.2) is 9.84 Å². The highest BCUT2D eigenvalue weighted by Gasteiger charge is 2.24. The second-order valence-electron chi connectivity index (χ2n) is 6.08. The largest absolute Gasteiger partial charge is 0.407 e. The van der Waals surface area contributed by atoms with Gasteiger partial charge >= 0.3 is 5.97 Å². The Hall–Kier alpha value is -2.42. The summed E-state index contributed by atoms with van der Waals surface area (Å²) in [5, 5.41) is 0. The quantitative estimate of drug-likeness (QED) is 0.664. The molecule has 2 aromatic heterocycles. The van der Waals surface area contributed by atoms with Crippen molar-refractivity contribution < 1.29 is 26.7 Å². The minimum atomic E-state index is -3.56. The van der Waals surface area contributed by atoms with E-state index in [4.69, 9.17) is 4.74 Å². The summed E-state index contributed by atoms with van der Waals surface area (Å²) in [5.41, 5.74) is 0.609. The van der Waals surface area contributed by atoms with E-state index in [9.17, 15) is 22.0 Å². The molecule has 0 aliphatic heterocycles. The number of hydrogen-bond donors (Lipinski definition) is 0. The molecule has 0 saturated heterocycles. The number of aromatic nitrogens is 2. The molecule has 0 N–H and O–H groups in total. The molecule has 0 atom stereocenters. The molecular formula is C18H20F2N2O4S. The zero-order valence-electron chi connectivity index (χ0n) is 15.2. The van der Waals surface area contributed by atoms with E-state index in [2.05, 4.69) is 9.97 Å². The van der Waals surface area contributed by atoms with Crippen molar-refractivity contribution in [1.29, 1.82) is 0 Å². The van der Waals surface area contributed by atoms with Gasteiger partial charge in [0.1, 0.15) is 5.69 Å². The summed E-state index contributed by atoms with van der Waals surface area (Å²) in [6.45, 7) is 3.48. The number of halogens is 2. The Kier molecular flexibility index (Phi) is 6.25. The lowest BCUT2D eigenvalue weighted by molar-refractivity contribution is -0.132. The van der Waals surface area contributed by atoms with Crippen molar-refractivity contribution in [2.24, 2.45) is 0 Å². The van der Waals surface area contributed by atoms with Crippen molar-refractivity contribution >= 4 is 15.8 Å². The molecule has 0 aliphatic rings. The normalized spacial score (nSPS) is 12.0. The molecule has 2 rings (SSSR count). The topological polar surface area (TPSA) is 86.2 Å². The zero-order chi connectivity index (χ0) is 20.2. The third-order valence-electron chi connectivity index (χ3n) is 3.74. The van der Waals surface area contributed by atoms with Crippen LogP contribution in [0.2, 0.25) is 0 Å². The number of pyridine rings is 2. The second kappa shape index (κ2) is 8.08. The maximum Gasteiger partial charge on any atom is 0.309 e. The van der Waals surface area contributed by atoms with Gasteiger partial charge < -0.3 is 4.74 Å². The van der Waals surface area contributed by atoms with Crippen molar-refractivity contribution in [1.82, 2.24) is 9.97 Å². The average molecular weight is 398 g/mol. The zero-order valence-corrected chi connectivity index (χ0v) is 16.0. The lowest BCUT2D eigenvalue weighted by Gasteiger charge is -2.14. The first kappa shape index (κ1) is 20.9. The van der Waals surface area contributed by atoms with Gasteiger partial charge in [-0.25, -0.2) is 22.2 Å². The van der Waals surface area contributed by atoms with Gasteiger partial charge in [-0.15, -0.1) is 0 Å². The van der Waals surface area contributed by atoms with E-state index in [0.29, 0.717) is 5.56 Å². The maximum absolute atomic E-state index is 13.2. The lowest BCUT2D eigenvalue weighted by atomic mass is 10.1. The molecule has 0 saturated carbocycles. The van der Waals surface area contributed by atoms with Gasteiger partial charge in [0.25, 0.3) is 0 Å². The number of carbonyl (C=O) groups is 1. The molecule has 146 valence electrons. The molecule has 0 bridgehead atoms. The molecule has 0 radical (unpaired) electrons. The molecule has 0 aliphatic carbocycles. The first-order chi connectivity index (χ1) is 12.5. The highest BCUT2D eigenvalue weighted by Crippen LogP contribution is 2.29. The number of hydrogen-bond acceptors (Lipinski definition) is 6. The predicted molar refractivity (Wildman–Crippen MR) is 95.4 cm³/mol. The predicted octanol–water partition coefficient (Wildman–Crippen LogP) is 3.45. The monoisotopic (exact) mass is 398 g/mol. The molecule has 9 heteroatoms. The van der Waals surface area contributed by atoms with Gasteiger partial charge in [-0.05, 0) is 31.5 Å². The number of aryl methyl sites for hydroxylation is 1. The summed E-state index contributed by atoms with van der Waals surface area (Å²) in [6.07, 6.45) is 0.922. The summed E-state index contributed by atoms with van der Waals surface area (Å²) in [4.78, 5) is 19.6. The molecule has 0 spiro atoms. The Morgan fingerprint density at radius 1 is 1.26 bits per heavy atom. The Balaban J connectivity index is 2.53. The molecule has 27 heavy (non-hydrogen) atoms. The van der Waals surface area contributed by atoms with Gasteiger partial charge in [0.2, 0.25) is 11.8 Å². The van der Waals surface area contributed by atoms with Crippen LogP contribution in [0.4, 0.5) is 8.78 Å². The van der Waals surface area contributed by atoms with E-state index in [1.165, 1.54) is 44.3 Å². The van der Waals surface area contributed by atoms with E-state index < -0.39 is 28.1 Å². The number of alkyl halides is 2. The van der Waals surface area contributed by atoms with Gasteiger partial charge in [0, 0.05) is 25.1 Å². The van der Waals surface area contributed by atoms with Crippen molar-refractivity contribution in [3.63, 3.8) is 0 Å². The van der Waals surface area contributed by atoms with Crippen LogP contribution in [-0.2, 0) is 21.1 Å². The minimum absolute atomic E-state index is 0.00150. The Bertz CT molecular complexity index is 941. The Labute approximate surface area is 156 Å². The van der Waals surface area contributed by atoms with E-state index >= 15 is 0 Å². The second-order valence-corrected chi connectivity index (χ2v) is 8.32. The number of rotatable bonds is 7. The molecule has 0 unspecified atom stereocenters. The third kappa shape index (κ3) is 5.53. The third-order valence-corrected chi connectivity index (χ3v) is 5.50. The summed E-state index contributed by atoms with van der Waals surface area (Å²) in [6, 6.07) is 5.88. The number of esters is 1. The highest BCUT2D eigenvalue weighted by atomic mass is 32.2. The van der Waals surface area contributed by atoms with E-state index in [1.54, 1.807) is 0 Å². The highest BCUT2D eigenvalue weighted by molar-refractivity contribution is 7.91. The summed E-state index contributed by atoms with van der Waals surface area (Å²) >= 11 is 0. The van der Waals surface area contributed by atoms with Crippen LogP contribution < -0.4 is 4.74 Å². The molecule has 6 nitrogen and oxygen atoms in total. The van der Waals surface area contributed by atoms with E-state index in [1.807, 2.05) is 0 Å². The fourth-order valence-electron chi connectivity index (χ4n) is 2.36. The standard InChI is InChI=1S/C18H20F2N2O4S/c1-4-27(24,25)15-6-5-11-21-16(15)14-8-7-13(9-10-18(3,19)20)17(22-14)26-12(2)23/h5-8,11H,4,9-10H2,1-3H3. The number of carbonyl (C=O) groups excluding carboxylic acids is 1. The van der Waals surface area contributed by atoms with Gasteiger partial charge in [-0.2, -0.15) is 0 Å². The van der Waals surface area contributed by atoms with Gasteiger partial charge in [-0.1, -0.05) is 13.0 Å². The Morgan fingerprint density at radius 3 is 2.56 bits per heavy atom. The van der Waals surface area contributed by atoms with Crippen molar-refractivity contribution in [2.75, 3.05) is 5.75 Å². The summed E-state index contributed by atoms with van der Waals surface area (Å²) in [5.74, 6) is -3.79. The van der Waals surface area contributed by atoms with Gasteiger partial charge in [-0.3, -0.25) is 9.78 Å². The van der Waals surface area contributed by atoms with Crippen molar-refractivity contribution in [2.45, 2.75) is 44.4 Å². The van der Waals surface area contributed by atoms with Crippen LogP contribution in [0.3, 0.4) is 0 Å². The number of nitrogens with zero attached hydrogens (tertiary/aromatic N) is 2. The SMILES string of the molecule is CCS(=O)(=O)c1cccnc1-c1ccc(CCC(C)(F)F)c(OC(C)=O)n1. The van der Waals surface area contributed by atoms with Crippen LogP contribution in [0.5, 0.6) is 5.88 Å². The number of sulfone groups is 1. The first-order valence-electron chi connectivity index (χ1n) is 8.28. The van der Waals surface area contributed by atoms with Crippen LogP contribution in [0.1, 0.15) is 32.8 Å². The average Bonchev–Trinajstić information content (AvgIpc) is 2.59. The van der Waals surface area contributed by atoms with Crippen LogP contribution in [0.15, 0.2) is 35.4 Å². The maximum atomic E-state index is 13.2. The van der Waals surface area contributed by atoms with Gasteiger partial charge in [0.05, 0.1) is 16.3 Å². The summed E-state index contributed by atoms with van der Waals surface area (Å²) in [7, 11) is -3.56. The van der Waals surface area contributed by atoms with E-state index in [-0.39, 0.29) is 34.3 Å². The number of ether oxygens (including phenoxy) is 1. The Morgan fingerprint density at radius 2 is 1.96 bits per heavy atom. The minimum Gasteiger partial charge on any atom is -0.407 e. The molecule has 2 heterocycles. The molecule has 0 aromatic carbocycles. The smallest absolute Gasteiger partial charge is 0.309 e. The first-order valence-corrected chi connectivity index (χ1v) is 9.93. The van der Waals surface area contributed by atoms with Crippen LogP contribution >= 0.6 is 0 Å². The molecule has 0 amide bonds. The van der Waals surface area contributed by atoms with Crippen LogP contribution in [0.25, 0.3) is 11.4 Å². The van der Waals surface area contributed by atoms with Crippen molar-refractivity contribution in [3.05, 3.63) is 36.0 Å². The van der Waals surface area contributed by atoms with Crippen molar-refractivity contribution in [3.8, 4) is 17.3 Å².